The quantitative estimate of drug-likeness (QED) is 0.784. The lowest BCUT2D eigenvalue weighted by Gasteiger charge is -2.13. The third-order valence-corrected chi connectivity index (χ3v) is 3.76. The van der Waals surface area contributed by atoms with Gasteiger partial charge in [-0.05, 0) is 36.8 Å². The molecule has 98 valence electrons. The summed E-state index contributed by atoms with van der Waals surface area (Å²) in [6.07, 6.45) is 5.49. The van der Waals surface area contributed by atoms with Crippen LogP contribution in [0, 0.1) is 5.41 Å². The average Bonchev–Trinajstić information content (AvgIpc) is 3.19. The maximum absolute atomic E-state index is 11.2. The highest BCUT2D eigenvalue weighted by Crippen LogP contribution is 2.47. The zero-order valence-electron chi connectivity index (χ0n) is 11.0. The van der Waals surface area contributed by atoms with Crippen LogP contribution in [0.5, 0.6) is 0 Å². The van der Waals surface area contributed by atoms with E-state index >= 15 is 0 Å². The van der Waals surface area contributed by atoms with Crippen molar-refractivity contribution >= 4 is 5.97 Å². The first-order valence-electron chi connectivity index (χ1n) is 6.43. The lowest BCUT2D eigenvalue weighted by Crippen LogP contribution is -2.23. The molecule has 0 bridgehead atoms. The molecule has 0 aliphatic heterocycles. The molecular weight excluding hydrogens is 228 g/mol. The van der Waals surface area contributed by atoms with Gasteiger partial charge in [-0.3, -0.25) is 4.98 Å². The van der Waals surface area contributed by atoms with Gasteiger partial charge in [-0.15, -0.1) is 0 Å². The molecule has 1 aliphatic rings. The molecule has 0 radical (unpaired) electrons. The summed E-state index contributed by atoms with van der Waals surface area (Å²) in [5.41, 5.74) is 1.99. The summed E-state index contributed by atoms with van der Waals surface area (Å²) in [5, 5.41) is 3.44. The molecule has 0 amide bonds. The number of pyridine rings is 1. The highest BCUT2D eigenvalue weighted by atomic mass is 16.5. The maximum Gasteiger partial charge on any atom is 0.339 e. The minimum absolute atomic E-state index is 0.343. The van der Waals surface area contributed by atoms with E-state index in [1.807, 2.05) is 6.07 Å². The van der Waals surface area contributed by atoms with Crippen LogP contribution in [0.25, 0.3) is 0 Å². The van der Waals surface area contributed by atoms with Crippen molar-refractivity contribution in [3.05, 3.63) is 29.6 Å². The Morgan fingerprint density at radius 2 is 2.28 bits per heavy atom. The van der Waals surface area contributed by atoms with Gasteiger partial charge in [0.1, 0.15) is 0 Å². The van der Waals surface area contributed by atoms with E-state index in [1.165, 1.54) is 26.4 Å². The summed E-state index contributed by atoms with van der Waals surface area (Å²) in [7, 11) is 1.37. The monoisotopic (exact) mass is 248 g/mol. The van der Waals surface area contributed by atoms with Crippen LogP contribution in [-0.2, 0) is 11.3 Å². The fourth-order valence-corrected chi connectivity index (χ4v) is 2.06. The van der Waals surface area contributed by atoms with E-state index in [2.05, 4.69) is 22.0 Å². The summed E-state index contributed by atoms with van der Waals surface area (Å²) in [6.45, 7) is 4.06. The van der Waals surface area contributed by atoms with Crippen molar-refractivity contribution in [3.8, 4) is 0 Å². The number of rotatable bonds is 6. The van der Waals surface area contributed by atoms with E-state index in [1.54, 1.807) is 12.3 Å². The number of aromatic nitrogens is 1. The predicted molar refractivity (Wildman–Crippen MR) is 69.2 cm³/mol. The van der Waals surface area contributed by atoms with Crippen molar-refractivity contribution in [1.29, 1.82) is 0 Å². The Morgan fingerprint density at radius 1 is 1.50 bits per heavy atom. The van der Waals surface area contributed by atoms with E-state index < -0.39 is 0 Å². The van der Waals surface area contributed by atoms with Crippen molar-refractivity contribution in [2.24, 2.45) is 5.41 Å². The van der Waals surface area contributed by atoms with Gasteiger partial charge in [-0.1, -0.05) is 6.92 Å². The highest BCUT2D eigenvalue weighted by Gasteiger charge is 2.39. The Labute approximate surface area is 108 Å². The average molecular weight is 248 g/mol. The number of esters is 1. The van der Waals surface area contributed by atoms with Crippen molar-refractivity contribution in [1.82, 2.24) is 10.3 Å². The molecule has 0 saturated heterocycles. The number of carbonyl (C=O) groups excluding carboxylic acids is 1. The van der Waals surface area contributed by atoms with Gasteiger partial charge in [0, 0.05) is 19.3 Å². The van der Waals surface area contributed by atoms with Crippen LogP contribution in [0.2, 0.25) is 0 Å². The summed E-state index contributed by atoms with van der Waals surface area (Å²) >= 11 is 0. The maximum atomic E-state index is 11.2. The lowest BCUT2D eigenvalue weighted by molar-refractivity contribution is 0.0600. The zero-order valence-corrected chi connectivity index (χ0v) is 11.0. The summed E-state index contributed by atoms with van der Waals surface area (Å²) in [6, 6.07) is 3.62. The number of nitrogens with zero attached hydrogens (tertiary/aromatic N) is 1. The first-order chi connectivity index (χ1) is 8.69. The zero-order chi connectivity index (χ0) is 13.0. The predicted octanol–water partition coefficient (Wildman–Crippen LogP) is 2.15. The molecule has 0 spiro atoms. The second-order valence-electron chi connectivity index (χ2n) is 4.99. The smallest absolute Gasteiger partial charge is 0.339 e. The first-order valence-corrected chi connectivity index (χ1v) is 6.43. The van der Waals surface area contributed by atoms with Crippen LogP contribution < -0.4 is 5.32 Å². The summed E-state index contributed by atoms with van der Waals surface area (Å²) < 4.78 is 4.63. The van der Waals surface area contributed by atoms with Crippen LogP contribution in [0.4, 0.5) is 0 Å². The number of hydrogen-bond donors (Lipinski definition) is 1. The van der Waals surface area contributed by atoms with E-state index in [0.29, 0.717) is 11.0 Å². The van der Waals surface area contributed by atoms with Gasteiger partial charge in [0.15, 0.2) is 0 Å². The topological polar surface area (TPSA) is 51.2 Å². The molecule has 1 N–H and O–H groups in total. The molecule has 0 aromatic carbocycles. The minimum atomic E-state index is -0.343. The Bertz CT molecular complexity index is 410. The largest absolute Gasteiger partial charge is 0.465 e. The van der Waals surface area contributed by atoms with E-state index in [0.717, 1.165) is 18.8 Å². The van der Waals surface area contributed by atoms with E-state index in [4.69, 9.17) is 0 Å². The second-order valence-corrected chi connectivity index (χ2v) is 4.99. The molecule has 1 aliphatic carbocycles. The van der Waals surface area contributed by atoms with Crippen LogP contribution in [-0.4, -0.2) is 24.6 Å². The molecule has 1 heterocycles. The number of nitrogens with one attached hydrogen (secondary N) is 1. The lowest BCUT2D eigenvalue weighted by atomic mass is 10.0. The molecular formula is C14H20N2O2. The SMILES string of the molecule is CCC1(CNCc2ccc(C(=O)OC)cn2)CC1. The first kappa shape index (κ1) is 13.0. The van der Waals surface area contributed by atoms with Crippen LogP contribution in [0.3, 0.4) is 0 Å². The van der Waals surface area contributed by atoms with Crippen LogP contribution >= 0.6 is 0 Å². The van der Waals surface area contributed by atoms with Gasteiger partial charge in [-0.25, -0.2) is 4.79 Å². The minimum Gasteiger partial charge on any atom is -0.465 e. The number of carbonyl (C=O) groups is 1. The van der Waals surface area contributed by atoms with Crippen molar-refractivity contribution in [3.63, 3.8) is 0 Å². The third kappa shape index (κ3) is 3.07. The Hall–Kier alpha value is -1.42. The molecule has 18 heavy (non-hydrogen) atoms. The molecule has 1 fully saturated rings. The summed E-state index contributed by atoms with van der Waals surface area (Å²) in [5.74, 6) is -0.343. The Balaban J connectivity index is 1.81. The number of ether oxygens (including phenoxy) is 1. The Kier molecular flexibility index (Phi) is 3.97. The normalized spacial score (nSPS) is 16.3. The van der Waals surface area contributed by atoms with Gasteiger partial charge in [0.2, 0.25) is 0 Å². The summed E-state index contributed by atoms with van der Waals surface area (Å²) in [4.78, 5) is 15.5. The fourth-order valence-electron chi connectivity index (χ4n) is 2.06. The van der Waals surface area contributed by atoms with Gasteiger partial charge >= 0.3 is 5.97 Å². The molecule has 1 aromatic rings. The van der Waals surface area contributed by atoms with Gasteiger partial charge in [0.25, 0.3) is 0 Å². The van der Waals surface area contributed by atoms with Gasteiger partial charge in [0.05, 0.1) is 18.4 Å². The van der Waals surface area contributed by atoms with E-state index in [9.17, 15) is 4.79 Å². The second kappa shape index (κ2) is 5.48. The van der Waals surface area contributed by atoms with Crippen molar-refractivity contribution < 1.29 is 9.53 Å². The van der Waals surface area contributed by atoms with Gasteiger partial charge in [-0.2, -0.15) is 0 Å². The van der Waals surface area contributed by atoms with Crippen LogP contribution in [0.15, 0.2) is 18.3 Å². The van der Waals surface area contributed by atoms with Gasteiger partial charge < -0.3 is 10.1 Å². The fraction of sp³-hybridized carbons (Fsp3) is 0.571. The Morgan fingerprint density at radius 3 is 2.78 bits per heavy atom. The molecule has 1 saturated carbocycles. The highest BCUT2D eigenvalue weighted by molar-refractivity contribution is 5.88. The third-order valence-electron chi connectivity index (χ3n) is 3.76. The van der Waals surface area contributed by atoms with E-state index in [-0.39, 0.29) is 5.97 Å². The number of hydrogen-bond acceptors (Lipinski definition) is 4. The molecule has 1 aromatic heterocycles. The van der Waals surface area contributed by atoms with Crippen molar-refractivity contribution in [2.45, 2.75) is 32.7 Å². The standard InChI is InChI=1S/C14H20N2O2/c1-3-14(6-7-14)10-15-9-12-5-4-11(8-16-12)13(17)18-2/h4-5,8,15H,3,6-7,9-10H2,1-2H3. The van der Waals surface area contributed by atoms with Crippen LogP contribution in [0.1, 0.15) is 42.2 Å². The molecule has 4 heteroatoms. The molecule has 0 atom stereocenters. The number of methoxy groups -OCH3 is 1. The molecule has 4 nitrogen and oxygen atoms in total. The molecule has 2 rings (SSSR count). The van der Waals surface area contributed by atoms with Crippen molar-refractivity contribution in [2.75, 3.05) is 13.7 Å². The molecule has 0 unspecified atom stereocenters.